The number of carbonyl (C=O) groups excluding carboxylic acids is 1. The third-order valence-corrected chi connectivity index (χ3v) is 4.43. The number of nitrogens with zero attached hydrogens (tertiary/aromatic N) is 3. The highest BCUT2D eigenvalue weighted by atomic mass is 32.2. The second-order valence-electron chi connectivity index (χ2n) is 5.39. The summed E-state index contributed by atoms with van der Waals surface area (Å²) in [5, 5.41) is 11.6. The Balaban J connectivity index is 2.00. The van der Waals surface area contributed by atoms with Gasteiger partial charge in [0.15, 0.2) is 11.0 Å². The molecular formula is C16H21FN4OS. The van der Waals surface area contributed by atoms with Crippen molar-refractivity contribution in [3.8, 4) is 11.4 Å². The van der Waals surface area contributed by atoms with Crippen LogP contribution in [0.1, 0.15) is 26.7 Å². The second kappa shape index (κ2) is 8.10. The zero-order valence-corrected chi connectivity index (χ0v) is 14.4. The fraction of sp³-hybridized carbons (Fsp3) is 0.438. The normalized spacial score (nSPS) is 12.2. The van der Waals surface area contributed by atoms with Crippen molar-refractivity contribution in [1.82, 2.24) is 20.1 Å². The Labute approximate surface area is 139 Å². The van der Waals surface area contributed by atoms with Crippen LogP contribution in [0.2, 0.25) is 0 Å². The number of hydrogen-bond acceptors (Lipinski definition) is 4. The molecule has 0 aliphatic carbocycles. The molecule has 0 bridgehead atoms. The summed E-state index contributed by atoms with van der Waals surface area (Å²) in [6.07, 6.45) is 1.99. The lowest BCUT2D eigenvalue weighted by Crippen LogP contribution is -2.33. The van der Waals surface area contributed by atoms with Gasteiger partial charge in [0, 0.05) is 13.1 Å². The van der Waals surface area contributed by atoms with Gasteiger partial charge in [-0.15, -0.1) is 10.2 Å². The molecule has 0 radical (unpaired) electrons. The van der Waals surface area contributed by atoms with Crippen molar-refractivity contribution >= 4 is 17.7 Å². The summed E-state index contributed by atoms with van der Waals surface area (Å²) in [6, 6.07) is 6.60. The Bertz CT molecular complexity index is 674. The van der Waals surface area contributed by atoms with E-state index in [0.29, 0.717) is 16.5 Å². The van der Waals surface area contributed by atoms with Crippen molar-refractivity contribution in [1.29, 1.82) is 0 Å². The van der Waals surface area contributed by atoms with E-state index in [9.17, 15) is 9.18 Å². The van der Waals surface area contributed by atoms with Crippen molar-refractivity contribution in [3.05, 3.63) is 30.1 Å². The molecule has 0 aliphatic rings. The topological polar surface area (TPSA) is 59.8 Å². The first-order valence-corrected chi connectivity index (χ1v) is 8.58. The summed E-state index contributed by atoms with van der Waals surface area (Å²) in [5.41, 5.74) is 0.398. The lowest BCUT2D eigenvalue weighted by molar-refractivity contribution is -0.119. The number of hydrogen-bond donors (Lipinski definition) is 1. The van der Waals surface area contributed by atoms with Gasteiger partial charge in [-0.3, -0.25) is 4.79 Å². The van der Waals surface area contributed by atoms with Crippen LogP contribution in [0.15, 0.2) is 29.4 Å². The van der Waals surface area contributed by atoms with Gasteiger partial charge in [0.2, 0.25) is 5.91 Å². The van der Waals surface area contributed by atoms with Crippen LogP contribution in [-0.4, -0.2) is 32.5 Å². The van der Waals surface area contributed by atoms with Gasteiger partial charge in [0.05, 0.1) is 11.3 Å². The molecule has 5 nitrogen and oxygen atoms in total. The summed E-state index contributed by atoms with van der Waals surface area (Å²) in [6.45, 7) is 4.08. The van der Waals surface area contributed by atoms with Crippen molar-refractivity contribution < 1.29 is 9.18 Å². The van der Waals surface area contributed by atoms with E-state index in [-0.39, 0.29) is 23.5 Å². The van der Waals surface area contributed by atoms with Gasteiger partial charge in [-0.2, -0.15) is 0 Å². The maximum absolute atomic E-state index is 13.8. The van der Waals surface area contributed by atoms with Crippen LogP contribution >= 0.6 is 11.8 Å². The van der Waals surface area contributed by atoms with Crippen LogP contribution in [0.3, 0.4) is 0 Å². The van der Waals surface area contributed by atoms with Crippen molar-refractivity contribution in [3.63, 3.8) is 0 Å². The minimum atomic E-state index is -0.342. The van der Waals surface area contributed by atoms with Crippen molar-refractivity contribution in [2.75, 3.05) is 5.75 Å². The molecule has 0 fully saturated rings. The van der Waals surface area contributed by atoms with Gasteiger partial charge in [-0.05, 0) is 25.5 Å². The molecule has 1 atom stereocenters. The Morgan fingerprint density at radius 1 is 1.39 bits per heavy atom. The Kier molecular flexibility index (Phi) is 6.15. The molecule has 0 aliphatic heterocycles. The van der Waals surface area contributed by atoms with E-state index >= 15 is 0 Å². The number of aromatic nitrogens is 3. The van der Waals surface area contributed by atoms with Crippen LogP contribution in [0.25, 0.3) is 11.4 Å². The van der Waals surface area contributed by atoms with Crippen LogP contribution in [0, 0.1) is 5.82 Å². The van der Waals surface area contributed by atoms with E-state index in [1.807, 2.05) is 6.92 Å². The number of carbonyl (C=O) groups is 1. The molecule has 23 heavy (non-hydrogen) atoms. The van der Waals surface area contributed by atoms with E-state index in [1.54, 1.807) is 29.8 Å². The molecule has 124 valence electrons. The van der Waals surface area contributed by atoms with Crippen molar-refractivity contribution in [2.24, 2.45) is 7.05 Å². The van der Waals surface area contributed by atoms with Crippen molar-refractivity contribution in [2.45, 2.75) is 37.9 Å². The number of benzene rings is 1. The highest BCUT2D eigenvalue weighted by Gasteiger charge is 2.15. The fourth-order valence-corrected chi connectivity index (χ4v) is 2.99. The van der Waals surface area contributed by atoms with Crippen LogP contribution in [0.4, 0.5) is 4.39 Å². The first kappa shape index (κ1) is 17.5. The van der Waals surface area contributed by atoms with E-state index in [4.69, 9.17) is 0 Å². The minimum Gasteiger partial charge on any atom is -0.353 e. The number of rotatable bonds is 7. The molecule has 1 amide bonds. The van der Waals surface area contributed by atoms with Crippen LogP contribution in [0.5, 0.6) is 0 Å². The maximum atomic E-state index is 13.8. The fourth-order valence-electron chi connectivity index (χ4n) is 2.27. The predicted molar refractivity (Wildman–Crippen MR) is 89.6 cm³/mol. The largest absolute Gasteiger partial charge is 0.353 e. The number of amides is 1. The summed E-state index contributed by atoms with van der Waals surface area (Å²) in [7, 11) is 1.77. The third kappa shape index (κ3) is 4.54. The Morgan fingerprint density at radius 2 is 2.13 bits per heavy atom. The predicted octanol–water partition coefficient (Wildman–Crippen LogP) is 3.02. The summed E-state index contributed by atoms with van der Waals surface area (Å²) in [5.74, 6) is 0.333. The lowest BCUT2D eigenvalue weighted by Gasteiger charge is -2.12. The molecule has 7 heteroatoms. The average Bonchev–Trinajstić information content (AvgIpc) is 2.87. The van der Waals surface area contributed by atoms with Gasteiger partial charge >= 0.3 is 0 Å². The highest BCUT2D eigenvalue weighted by Crippen LogP contribution is 2.24. The van der Waals surface area contributed by atoms with Gasteiger partial charge in [-0.25, -0.2) is 4.39 Å². The van der Waals surface area contributed by atoms with E-state index in [2.05, 4.69) is 22.4 Å². The third-order valence-electron chi connectivity index (χ3n) is 3.41. The SMILES string of the molecule is CCCC(C)NC(=O)CSc1nnc(-c2ccccc2F)n1C. The molecule has 1 heterocycles. The molecule has 1 aromatic carbocycles. The molecule has 2 rings (SSSR count). The maximum Gasteiger partial charge on any atom is 0.230 e. The summed E-state index contributed by atoms with van der Waals surface area (Å²) >= 11 is 1.29. The molecule has 1 unspecified atom stereocenters. The minimum absolute atomic E-state index is 0.0357. The highest BCUT2D eigenvalue weighted by molar-refractivity contribution is 7.99. The molecule has 0 spiro atoms. The first-order valence-electron chi connectivity index (χ1n) is 7.59. The zero-order valence-electron chi connectivity index (χ0n) is 13.5. The van der Waals surface area contributed by atoms with Gasteiger partial charge < -0.3 is 9.88 Å². The molecule has 1 aromatic heterocycles. The molecule has 0 saturated carbocycles. The second-order valence-corrected chi connectivity index (χ2v) is 6.33. The number of halogens is 1. The number of thioether (sulfide) groups is 1. The monoisotopic (exact) mass is 336 g/mol. The van der Waals surface area contributed by atoms with E-state index in [0.717, 1.165) is 12.8 Å². The summed E-state index contributed by atoms with van der Waals surface area (Å²) in [4.78, 5) is 11.9. The smallest absolute Gasteiger partial charge is 0.230 e. The molecule has 2 aromatic rings. The number of nitrogens with one attached hydrogen (secondary N) is 1. The standard InChI is InChI=1S/C16H21FN4OS/c1-4-7-11(2)18-14(22)10-23-16-20-19-15(21(16)3)12-8-5-6-9-13(12)17/h5-6,8-9,11H,4,7,10H2,1-3H3,(H,18,22). The average molecular weight is 336 g/mol. The van der Waals surface area contributed by atoms with Crippen LogP contribution < -0.4 is 5.32 Å². The van der Waals surface area contributed by atoms with E-state index in [1.165, 1.54) is 17.8 Å². The summed E-state index contributed by atoms with van der Waals surface area (Å²) < 4.78 is 15.5. The van der Waals surface area contributed by atoms with E-state index < -0.39 is 0 Å². The Morgan fingerprint density at radius 3 is 2.83 bits per heavy atom. The molecule has 0 saturated heterocycles. The van der Waals surface area contributed by atoms with Crippen LogP contribution in [-0.2, 0) is 11.8 Å². The first-order chi connectivity index (χ1) is 11.0. The molecule has 1 N–H and O–H groups in total. The lowest BCUT2D eigenvalue weighted by atomic mass is 10.2. The van der Waals surface area contributed by atoms with Gasteiger partial charge in [0.1, 0.15) is 5.82 Å². The van der Waals surface area contributed by atoms with Gasteiger partial charge in [-0.1, -0.05) is 37.2 Å². The zero-order chi connectivity index (χ0) is 16.8. The quantitative estimate of drug-likeness (QED) is 0.790. The molecular weight excluding hydrogens is 315 g/mol. The van der Waals surface area contributed by atoms with Gasteiger partial charge in [0.25, 0.3) is 0 Å². The Hall–Kier alpha value is -1.89.